The number of imidazole rings is 1. The van der Waals surface area contributed by atoms with Gasteiger partial charge in [0, 0.05) is 44.3 Å². The van der Waals surface area contributed by atoms with Gasteiger partial charge in [-0.05, 0) is 42.8 Å². The summed E-state index contributed by atoms with van der Waals surface area (Å²) in [5.41, 5.74) is 7.56. The predicted molar refractivity (Wildman–Crippen MR) is 149 cm³/mol. The zero-order valence-electron chi connectivity index (χ0n) is 22.4. The number of rotatable bonds is 3. The topological polar surface area (TPSA) is 115 Å². The molecule has 1 amide bonds. The van der Waals surface area contributed by atoms with Gasteiger partial charge in [-0.2, -0.15) is 13.2 Å². The number of carbonyl (C=O) groups is 1. The molecule has 5 heterocycles. The van der Waals surface area contributed by atoms with Gasteiger partial charge in [0.1, 0.15) is 11.6 Å². The summed E-state index contributed by atoms with van der Waals surface area (Å²) in [5, 5.41) is 0.566. The van der Waals surface area contributed by atoms with Crippen LogP contribution < -0.4 is 16.3 Å². The summed E-state index contributed by atoms with van der Waals surface area (Å²) in [4.78, 5) is 42.3. The van der Waals surface area contributed by atoms with Crippen LogP contribution in [0.3, 0.4) is 0 Å². The average molecular weight is 563 g/mol. The van der Waals surface area contributed by atoms with Crippen LogP contribution in [-0.4, -0.2) is 61.6 Å². The molecule has 1 aliphatic heterocycles. The van der Waals surface area contributed by atoms with Crippen molar-refractivity contribution in [2.45, 2.75) is 13.1 Å². The fraction of sp³-hybridized carbons (Fsp3) is 0.250. The van der Waals surface area contributed by atoms with Crippen LogP contribution in [0.25, 0.3) is 38.8 Å². The Morgan fingerprint density at radius 1 is 0.951 bits per heavy atom. The molecule has 1 aromatic carbocycles. The minimum atomic E-state index is -4.66. The monoisotopic (exact) mass is 562 g/mol. The number of benzene rings is 1. The van der Waals surface area contributed by atoms with Gasteiger partial charge in [0.05, 0.1) is 46.2 Å². The van der Waals surface area contributed by atoms with Crippen molar-refractivity contribution in [1.29, 1.82) is 0 Å². The highest BCUT2D eigenvalue weighted by Crippen LogP contribution is 2.36. The number of pyridine rings is 3. The first-order valence-electron chi connectivity index (χ1n) is 12.7. The molecular formula is C28H25F3N8O2. The van der Waals surface area contributed by atoms with Crippen molar-refractivity contribution in [3.63, 3.8) is 0 Å². The third-order valence-corrected chi connectivity index (χ3v) is 7.51. The summed E-state index contributed by atoms with van der Waals surface area (Å²) >= 11 is 0. The second kappa shape index (κ2) is 9.32. The summed E-state index contributed by atoms with van der Waals surface area (Å²) in [6, 6.07) is 9.57. The highest BCUT2D eigenvalue weighted by Gasteiger charge is 2.34. The van der Waals surface area contributed by atoms with E-state index in [9.17, 15) is 22.8 Å². The van der Waals surface area contributed by atoms with E-state index in [-0.39, 0.29) is 23.7 Å². The van der Waals surface area contributed by atoms with Gasteiger partial charge < -0.3 is 15.5 Å². The van der Waals surface area contributed by atoms with Crippen LogP contribution in [0.2, 0.25) is 0 Å². The Labute approximate surface area is 231 Å². The normalized spacial score (nSPS) is 14.4. The minimum Gasteiger partial charge on any atom is -0.383 e. The molecule has 0 radical (unpaired) electrons. The Kier molecular flexibility index (Phi) is 5.98. The SMILES string of the molecule is Cc1nc(N2CCN(C)C(=O)C2)ccc1-n1c(=O)n(C)c2cnc3ccc(-c4cnc(N)c(C(F)(F)F)c4)cc3c21. The zero-order chi connectivity index (χ0) is 29.2. The molecule has 2 N–H and O–H groups in total. The van der Waals surface area contributed by atoms with Crippen LogP contribution in [0.5, 0.6) is 0 Å². The summed E-state index contributed by atoms with van der Waals surface area (Å²) < 4.78 is 43.5. The molecule has 41 heavy (non-hydrogen) atoms. The van der Waals surface area contributed by atoms with Gasteiger partial charge in [0.25, 0.3) is 0 Å². The fourth-order valence-corrected chi connectivity index (χ4v) is 5.17. The number of halogens is 3. The van der Waals surface area contributed by atoms with Crippen LogP contribution in [0, 0.1) is 6.92 Å². The van der Waals surface area contributed by atoms with Crippen molar-refractivity contribution in [3.05, 3.63) is 70.5 Å². The third kappa shape index (κ3) is 4.33. The number of aromatic nitrogens is 5. The van der Waals surface area contributed by atoms with Crippen molar-refractivity contribution in [2.24, 2.45) is 7.05 Å². The number of nitrogen functional groups attached to an aromatic ring is 1. The quantitative estimate of drug-likeness (QED) is 0.358. The number of amides is 1. The lowest BCUT2D eigenvalue weighted by atomic mass is 10.0. The van der Waals surface area contributed by atoms with E-state index in [1.165, 1.54) is 15.3 Å². The number of aryl methyl sites for hydroxylation is 2. The summed E-state index contributed by atoms with van der Waals surface area (Å²) in [6.07, 6.45) is -1.78. The number of alkyl halides is 3. The number of anilines is 2. The lowest BCUT2D eigenvalue weighted by molar-refractivity contribution is -0.137. The predicted octanol–water partition coefficient (Wildman–Crippen LogP) is 3.52. The Morgan fingerprint density at radius 2 is 1.73 bits per heavy atom. The van der Waals surface area contributed by atoms with Crippen LogP contribution in [-0.2, 0) is 18.0 Å². The second-order valence-corrected chi connectivity index (χ2v) is 10.1. The maximum Gasteiger partial charge on any atom is 0.419 e. The first-order chi connectivity index (χ1) is 19.4. The van der Waals surface area contributed by atoms with Gasteiger partial charge in [0.2, 0.25) is 5.91 Å². The first kappa shape index (κ1) is 26.3. The van der Waals surface area contributed by atoms with Crippen LogP contribution in [0.4, 0.5) is 24.8 Å². The lowest BCUT2D eigenvalue weighted by Gasteiger charge is -2.33. The van der Waals surface area contributed by atoms with Crippen molar-refractivity contribution >= 4 is 39.5 Å². The number of nitrogens with two attached hydrogens (primary N) is 1. The van der Waals surface area contributed by atoms with Gasteiger partial charge >= 0.3 is 11.9 Å². The molecule has 10 nitrogen and oxygen atoms in total. The maximum absolute atomic E-state index is 13.6. The van der Waals surface area contributed by atoms with Gasteiger partial charge in [0.15, 0.2) is 0 Å². The van der Waals surface area contributed by atoms with E-state index in [4.69, 9.17) is 10.7 Å². The summed E-state index contributed by atoms with van der Waals surface area (Å²) in [7, 11) is 3.39. The maximum atomic E-state index is 13.6. The van der Waals surface area contributed by atoms with Crippen LogP contribution in [0.15, 0.2) is 53.6 Å². The Bertz CT molecular complexity index is 1930. The molecule has 1 saturated heterocycles. The van der Waals surface area contributed by atoms with E-state index < -0.39 is 17.6 Å². The van der Waals surface area contributed by atoms with Gasteiger partial charge in [-0.15, -0.1) is 0 Å². The van der Waals surface area contributed by atoms with Gasteiger partial charge in [-0.3, -0.25) is 18.9 Å². The Hall–Kier alpha value is -4.94. The zero-order valence-corrected chi connectivity index (χ0v) is 22.4. The number of fused-ring (bicyclic) bond motifs is 3. The molecular weight excluding hydrogens is 537 g/mol. The average Bonchev–Trinajstić information content (AvgIpc) is 3.19. The molecule has 4 aromatic heterocycles. The Balaban J connectivity index is 1.52. The molecule has 1 fully saturated rings. The number of nitrogens with zero attached hydrogens (tertiary/aromatic N) is 7. The number of hydrogen-bond acceptors (Lipinski definition) is 7. The molecule has 0 saturated carbocycles. The standard InChI is InChI=1S/C28H25F3N8O2/c1-15-21(6-7-23(35-15)38-9-8-36(2)24(40)14-38)39-25-18-10-16(17-11-19(28(29,30)31)26(32)34-12-17)4-5-20(18)33-13-22(25)37(3)27(39)41/h4-7,10-13H,8-9,14H2,1-3H3,(H2,32,34). The van der Waals surface area contributed by atoms with E-state index >= 15 is 0 Å². The van der Waals surface area contributed by atoms with Gasteiger partial charge in [-0.1, -0.05) is 6.07 Å². The largest absolute Gasteiger partial charge is 0.419 e. The van der Waals surface area contributed by atoms with Gasteiger partial charge in [-0.25, -0.2) is 14.8 Å². The number of carbonyl (C=O) groups excluding carboxylic acids is 1. The fourth-order valence-electron chi connectivity index (χ4n) is 5.17. The number of likely N-dealkylation sites (N-methyl/N-ethyl adjacent to an activating group) is 1. The molecule has 0 unspecified atom stereocenters. The second-order valence-electron chi connectivity index (χ2n) is 10.1. The van der Waals surface area contributed by atoms with Crippen LogP contribution in [0.1, 0.15) is 11.3 Å². The van der Waals surface area contributed by atoms with E-state index in [1.54, 1.807) is 62.4 Å². The molecule has 0 bridgehead atoms. The Morgan fingerprint density at radius 3 is 2.44 bits per heavy atom. The molecule has 1 aliphatic rings. The third-order valence-electron chi connectivity index (χ3n) is 7.51. The lowest BCUT2D eigenvalue weighted by Crippen LogP contribution is -2.48. The van der Waals surface area contributed by atoms with Crippen molar-refractivity contribution in [2.75, 3.05) is 37.3 Å². The molecule has 5 aromatic rings. The summed E-state index contributed by atoms with van der Waals surface area (Å²) in [5.74, 6) is 0.0277. The highest BCUT2D eigenvalue weighted by molar-refractivity contribution is 6.04. The van der Waals surface area contributed by atoms with Crippen molar-refractivity contribution < 1.29 is 18.0 Å². The number of piperazine rings is 1. The van der Waals surface area contributed by atoms with E-state index in [0.717, 1.165) is 6.07 Å². The van der Waals surface area contributed by atoms with Crippen molar-refractivity contribution in [3.8, 4) is 16.8 Å². The molecule has 210 valence electrons. The molecule has 6 rings (SSSR count). The first-order valence-corrected chi connectivity index (χ1v) is 12.7. The van der Waals surface area contributed by atoms with E-state index in [2.05, 4.69) is 9.97 Å². The van der Waals surface area contributed by atoms with Crippen molar-refractivity contribution in [1.82, 2.24) is 29.0 Å². The van der Waals surface area contributed by atoms with E-state index in [1.807, 2.05) is 4.90 Å². The molecule has 0 spiro atoms. The summed E-state index contributed by atoms with van der Waals surface area (Å²) in [6.45, 7) is 3.22. The van der Waals surface area contributed by atoms with E-state index in [0.29, 0.717) is 57.8 Å². The molecule has 13 heteroatoms. The molecule has 0 atom stereocenters. The smallest absolute Gasteiger partial charge is 0.383 e. The van der Waals surface area contributed by atoms with Crippen LogP contribution >= 0.6 is 0 Å². The molecule has 0 aliphatic carbocycles. The number of hydrogen-bond donors (Lipinski definition) is 1. The minimum absolute atomic E-state index is 0.00140. The highest BCUT2D eigenvalue weighted by atomic mass is 19.4.